The van der Waals surface area contributed by atoms with Crippen LogP contribution in [0.2, 0.25) is 0 Å². The molecule has 1 nitrogen and oxygen atoms in total. The van der Waals surface area contributed by atoms with Crippen LogP contribution in [0.25, 0.3) is 0 Å². The van der Waals surface area contributed by atoms with Crippen LogP contribution >= 0.6 is 12.6 Å². The Balaban J connectivity index is 0.000000132. The highest BCUT2D eigenvalue weighted by atomic mass is 32.1. The van der Waals surface area contributed by atoms with E-state index in [1.807, 2.05) is 48.5 Å². The van der Waals surface area contributed by atoms with E-state index in [0.717, 1.165) is 4.90 Å². The summed E-state index contributed by atoms with van der Waals surface area (Å²) in [6.07, 6.45) is 3.50. The molecule has 0 radical (unpaired) electrons. The summed E-state index contributed by atoms with van der Waals surface area (Å²) in [5.41, 5.74) is 0. The van der Waals surface area contributed by atoms with Crippen molar-refractivity contribution in [1.82, 2.24) is 4.98 Å². The van der Waals surface area contributed by atoms with Crippen LogP contribution in [0.5, 0.6) is 0 Å². The van der Waals surface area contributed by atoms with E-state index in [-0.39, 0.29) is 0 Å². The van der Waals surface area contributed by atoms with Crippen LogP contribution in [-0.2, 0) is 0 Å². The molecule has 1 aromatic carbocycles. The molecule has 0 aliphatic rings. The summed E-state index contributed by atoms with van der Waals surface area (Å²) in [5, 5.41) is 0. The van der Waals surface area contributed by atoms with Gasteiger partial charge in [-0.25, -0.2) is 0 Å². The van der Waals surface area contributed by atoms with Crippen LogP contribution in [0, 0.1) is 0 Å². The molecule has 0 spiro atoms. The molecular formula is C11H11NS. The monoisotopic (exact) mass is 189 g/mol. The smallest absolute Gasteiger partial charge is 0.0267 e. The molecule has 1 aromatic heterocycles. The zero-order chi connectivity index (χ0) is 9.36. The Bertz CT molecular complexity index is 281. The van der Waals surface area contributed by atoms with Gasteiger partial charge in [0.1, 0.15) is 0 Å². The fourth-order valence-electron chi connectivity index (χ4n) is 0.741. The molecule has 2 aromatic rings. The molecule has 0 N–H and O–H groups in total. The van der Waals surface area contributed by atoms with Crippen LogP contribution in [0.4, 0.5) is 0 Å². The Labute approximate surface area is 83.9 Å². The van der Waals surface area contributed by atoms with Gasteiger partial charge in [0.25, 0.3) is 0 Å². The standard InChI is InChI=1S/C6H6S.C5H5N/c7-6-4-2-1-3-5-6;1-2-4-6-5-3-1/h1-5,7H;1-5H. The second-order valence-electron chi connectivity index (χ2n) is 2.36. The number of thiol groups is 1. The van der Waals surface area contributed by atoms with Crippen molar-refractivity contribution in [2.45, 2.75) is 4.90 Å². The Morgan fingerprint density at radius 3 is 1.54 bits per heavy atom. The molecular weight excluding hydrogens is 178 g/mol. The summed E-state index contributed by atoms with van der Waals surface area (Å²) < 4.78 is 0. The second kappa shape index (κ2) is 6.26. The van der Waals surface area contributed by atoms with Gasteiger partial charge >= 0.3 is 0 Å². The number of hydrogen-bond acceptors (Lipinski definition) is 2. The maximum absolute atomic E-state index is 4.08. The van der Waals surface area contributed by atoms with E-state index in [1.165, 1.54) is 0 Å². The molecule has 2 rings (SSSR count). The maximum atomic E-state index is 4.08. The third kappa shape index (κ3) is 5.04. The lowest BCUT2D eigenvalue weighted by atomic mass is 10.4. The Morgan fingerprint density at radius 2 is 1.31 bits per heavy atom. The van der Waals surface area contributed by atoms with Gasteiger partial charge in [0.15, 0.2) is 0 Å². The average molecular weight is 189 g/mol. The maximum Gasteiger partial charge on any atom is 0.0267 e. The number of nitrogens with zero attached hydrogens (tertiary/aromatic N) is 1. The van der Waals surface area contributed by atoms with Gasteiger partial charge in [0.2, 0.25) is 0 Å². The van der Waals surface area contributed by atoms with E-state index < -0.39 is 0 Å². The van der Waals surface area contributed by atoms with Crippen molar-refractivity contribution in [2.75, 3.05) is 0 Å². The number of benzene rings is 1. The first-order chi connectivity index (χ1) is 6.39. The van der Waals surface area contributed by atoms with Crippen molar-refractivity contribution < 1.29 is 0 Å². The van der Waals surface area contributed by atoms with Crippen LogP contribution in [0.1, 0.15) is 0 Å². The van der Waals surface area contributed by atoms with Gasteiger partial charge in [-0.05, 0) is 24.3 Å². The molecule has 0 saturated carbocycles. The molecule has 0 fully saturated rings. The first kappa shape index (κ1) is 9.81. The number of hydrogen-bond donors (Lipinski definition) is 1. The van der Waals surface area contributed by atoms with Gasteiger partial charge in [0.05, 0.1) is 0 Å². The topological polar surface area (TPSA) is 12.9 Å². The summed E-state index contributed by atoms with van der Waals surface area (Å²) >= 11 is 4.08. The molecule has 0 amide bonds. The van der Waals surface area contributed by atoms with Crippen LogP contribution in [0.15, 0.2) is 65.8 Å². The summed E-state index contributed by atoms with van der Waals surface area (Å²) in [6.45, 7) is 0. The highest BCUT2D eigenvalue weighted by molar-refractivity contribution is 7.80. The Kier molecular flexibility index (Phi) is 4.72. The molecule has 66 valence electrons. The molecule has 2 heteroatoms. The van der Waals surface area contributed by atoms with E-state index in [2.05, 4.69) is 17.6 Å². The molecule has 0 unspecified atom stereocenters. The van der Waals surface area contributed by atoms with E-state index >= 15 is 0 Å². The highest BCUT2D eigenvalue weighted by Crippen LogP contribution is 2.00. The lowest BCUT2D eigenvalue weighted by molar-refractivity contribution is 1.33. The predicted molar refractivity (Wildman–Crippen MR) is 57.9 cm³/mol. The lowest BCUT2D eigenvalue weighted by Crippen LogP contribution is -1.58. The summed E-state index contributed by atoms with van der Waals surface area (Å²) in [6, 6.07) is 15.5. The van der Waals surface area contributed by atoms with Gasteiger partial charge in [-0.1, -0.05) is 24.3 Å². The molecule has 0 aliphatic carbocycles. The van der Waals surface area contributed by atoms with Crippen molar-refractivity contribution in [1.29, 1.82) is 0 Å². The van der Waals surface area contributed by atoms with Gasteiger partial charge in [0, 0.05) is 17.3 Å². The normalized spacial score (nSPS) is 8.38. The van der Waals surface area contributed by atoms with Gasteiger partial charge in [-0.3, -0.25) is 4.98 Å². The minimum Gasteiger partial charge on any atom is -0.265 e. The van der Waals surface area contributed by atoms with E-state index in [0.29, 0.717) is 0 Å². The Hall–Kier alpha value is -1.28. The zero-order valence-electron chi connectivity index (χ0n) is 7.17. The average Bonchev–Trinajstić information content (AvgIpc) is 2.22. The number of rotatable bonds is 0. The lowest BCUT2D eigenvalue weighted by Gasteiger charge is -1.81. The van der Waals surface area contributed by atoms with Crippen LogP contribution < -0.4 is 0 Å². The van der Waals surface area contributed by atoms with Gasteiger partial charge in [-0.15, -0.1) is 12.6 Å². The second-order valence-corrected chi connectivity index (χ2v) is 2.88. The molecule has 0 atom stereocenters. The molecule has 0 bridgehead atoms. The predicted octanol–water partition coefficient (Wildman–Crippen LogP) is 3.06. The summed E-state index contributed by atoms with van der Waals surface area (Å²) in [7, 11) is 0. The Morgan fingerprint density at radius 1 is 0.769 bits per heavy atom. The minimum atomic E-state index is 1.02. The molecule has 1 heterocycles. The first-order valence-corrected chi connectivity index (χ1v) is 4.43. The third-order valence-electron chi connectivity index (χ3n) is 1.32. The molecule has 0 aliphatic heterocycles. The van der Waals surface area contributed by atoms with Crippen LogP contribution in [-0.4, -0.2) is 4.98 Å². The van der Waals surface area contributed by atoms with Crippen molar-refractivity contribution in [3.8, 4) is 0 Å². The van der Waals surface area contributed by atoms with Crippen molar-refractivity contribution in [3.63, 3.8) is 0 Å². The highest BCUT2D eigenvalue weighted by Gasteiger charge is 1.73. The van der Waals surface area contributed by atoms with E-state index in [4.69, 9.17) is 0 Å². The summed E-state index contributed by atoms with van der Waals surface area (Å²) in [5.74, 6) is 0. The zero-order valence-corrected chi connectivity index (χ0v) is 8.06. The summed E-state index contributed by atoms with van der Waals surface area (Å²) in [4.78, 5) is 4.80. The minimum absolute atomic E-state index is 1.02. The van der Waals surface area contributed by atoms with Crippen molar-refractivity contribution >= 4 is 12.6 Å². The SMILES string of the molecule is Sc1ccccc1.c1ccncc1. The van der Waals surface area contributed by atoms with Gasteiger partial charge in [-0.2, -0.15) is 0 Å². The fraction of sp³-hybridized carbons (Fsp3) is 0. The van der Waals surface area contributed by atoms with Crippen LogP contribution in [0.3, 0.4) is 0 Å². The first-order valence-electron chi connectivity index (χ1n) is 3.98. The largest absolute Gasteiger partial charge is 0.265 e. The van der Waals surface area contributed by atoms with Crippen molar-refractivity contribution in [3.05, 3.63) is 60.9 Å². The molecule has 13 heavy (non-hydrogen) atoms. The van der Waals surface area contributed by atoms with Crippen molar-refractivity contribution in [2.24, 2.45) is 0 Å². The third-order valence-corrected chi connectivity index (χ3v) is 1.62. The van der Waals surface area contributed by atoms with E-state index in [1.54, 1.807) is 12.4 Å². The van der Waals surface area contributed by atoms with E-state index in [9.17, 15) is 0 Å². The number of aromatic nitrogens is 1. The van der Waals surface area contributed by atoms with Gasteiger partial charge < -0.3 is 0 Å². The fourth-order valence-corrected chi connectivity index (χ4v) is 0.913. The number of pyridine rings is 1. The molecule has 0 saturated heterocycles. The quantitative estimate of drug-likeness (QED) is 0.628.